The van der Waals surface area contributed by atoms with Gasteiger partial charge in [-0.3, -0.25) is 0 Å². The van der Waals surface area contributed by atoms with Gasteiger partial charge in [0.15, 0.2) is 0 Å². The molecule has 0 saturated carbocycles. The van der Waals surface area contributed by atoms with E-state index >= 15 is 0 Å². The predicted octanol–water partition coefficient (Wildman–Crippen LogP) is 7.76. The standard InChI is InChI=1S/C26H20O2/c1-3-15-5-7-23-19(9-15)21-11-17-14-26-22(12-18(17)13-25(21)27-23)20-10-16(4-2)6-8-24(20)28-26/h5-14H,3-4H2,1-2H3. The van der Waals surface area contributed by atoms with E-state index in [4.69, 9.17) is 8.83 Å². The molecular formula is C26H20O2. The van der Waals surface area contributed by atoms with Crippen molar-refractivity contribution in [1.29, 1.82) is 0 Å². The first-order valence-electron chi connectivity index (χ1n) is 9.97. The molecule has 2 heterocycles. The normalized spacial score (nSPS) is 12.2. The number of benzene rings is 4. The number of hydrogen-bond acceptors (Lipinski definition) is 2. The highest BCUT2D eigenvalue weighted by molar-refractivity contribution is 6.15. The van der Waals surface area contributed by atoms with Crippen LogP contribution in [-0.2, 0) is 12.8 Å². The summed E-state index contributed by atoms with van der Waals surface area (Å²) in [6, 6.07) is 21.8. The molecule has 0 unspecified atom stereocenters. The van der Waals surface area contributed by atoms with E-state index in [1.165, 1.54) is 43.4 Å². The Kier molecular flexibility index (Phi) is 3.16. The van der Waals surface area contributed by atoms with Crippen LogP contribution in [0.4, 0.5) is 0 Å². The van der Waals surface area contributed by atoms with Crippen molar-refractivity contribution in [3.05, 3.63) is 71.8 Å². The fraction of sp³-hybridized carbons (Fsp3) is 0.154. The van der Waals surface area contributed by atoms with Crippen LogP contribution in [-0.4, -0.2) is 0 Å². The quantitative estimate of drug-likeness (QED) is 0.314. The van der Waals surface area contributed by atoms with Gasteiger partial charge in [0, 0.05) is 21.5 Å². The van der Waals surface area contributed by atoms with Crippen molar-refractivity contribution in [3.63, 3.8) is 0 Å². The lowest BCUT2D eigenvalue weighted by Gasteiger charge is -2.00. The third-order valence-corrected chi connectivity index (χ3v) is 5.96. The smallest absolute Gasteiger partial charge is 0.136 e. The topological polar surface area (TPSA) is 26.3 Å². The fourth-order valence-corrected chi connectivity index (χ4v) is 4.33. The largest absolute Gasteiger partial charge is 0.456 e. The molecule has 6 aromatic rings. The van der Waals surface area contributed by atoms with Gasteiger partial charge >= 0.3 is 0 Å². The Morgan fingerprint density at radius 1 is 0.500 bits per heavy atom. The van der Waals surface area contributed by atoms with Crippen LogP contribution in [0, 0.1) is 0 Å². The van der Waals surface area contributed by atoms with Crippen LogP contribution in [0.1, 0.15) is 25.0 Å². The summed E-state index contributed by atoms with van der Waals surface area (Å²) in [5.74, 6) is 0. The molecular weight excluding hydrogens is 344 g/mol. The van der Waals surface area contributed by atoms with E-state index in [-0.39, 0.29) is 0 Å². The van der Waals surface area contributed by atoms with E-state index in [1.807, 2.05) is 0 Å². The van der Waals surface area contributed by atoms with Crippen LogP contribution < -0.4 is 0 Å². The summed E-state index contributed by atoms with van der Waals surface area (Å²) < 4.78 is 12.3. The molecule has 28 heavy (non-hydrogen) atoms. The maximum absolute atomic E-state index is 6.15. The van der Waals surface area contributed by atoms with Crippen molar-refractivity contribution in [2.75, 3.05) is 0 Å². The van der Waals surface area contributed by atoms with Gasteiger partial charge in [-0.05, 0) is 83.3 Å². The van der Waals surface area contributed by atoms with Crippen LogP contribution in [0.15, 0.2) is 69.5 Å². The van der Waals surface area contributed by atoms with Crippen molar-refractivity contribution in [1.82, 2.24) is 0 Å². The molecule has 0 spiro atoms. The average Bonchev–Trinajstić information content (AvgIpc) is 3.26. The summed E-state index contributed by atoms with van der Waals surface area (Å²) in [5, 5.41) is 7.07. The zero-order valence-corrected chi connectivity index (χ0v) is 16.0. The van der Waals surface area contributed by atoms with Gasteiger partial charge in [0.05, 0.1) is 0 Å². The second-order valence-electron chi connectivity index (χ2n) is 7.62. The third-order valence-electron chi connectivity index (χ3n) is 5.96. The number of rotatable bonds is 2. The van der Waals surface area contributed by atoms with E-state index in [1.54, 1.807) is 0 Å². The number of furan rings is 2. The van der Waals surface area contributed by atoms with Gasteiger partial charge in [-0.15, -0.1) is 0 Å². The lowest BCUT2D eigenvalue weighted by Crippen LogP contribution is -1.79. The van der Waals surface area contributed by atoms with E-state index in [0.29, 0.717) is 0 Å². The molecule has 2 heteroatoms. The fourth-order valence-electron chi connectivity index (χ4n) is 4.33. The second-order valence-corrected chi connectivity index (χ2v) is 7.62. The molecule has 0 bridgehead atoms. The highest BCUT2D eigenvalue weighted by Crippen LogP contribution is 2.37. The molecule has 0 aliphatic rings. The first kappa shape index (κ1) is 15.8. The monoisotopic (exact) mass is 364 g/mol. The van der Waals surface area contributed by atoms with Crippen molar-refractivity contribution < 1.29 is 8.83 Å². The second kappa shape index (κ2) is 5.62. The highest BCUT2D eigenvalue weighted by Gasteiger charge is 2.13. The number of fused-ring (bicyclic) bond motifs is 7. The van der Waals surface area contributed by atoms with E-state index in [0.717, 1.165) is 35.2 Å². The Labute approximate surface area is 162 Å². The number of aryl methyl sites for hydroxylation is 2. The SMILES string of the molecule is CCc1ccc2oc3cc4cc5c(cc4cc3c2c1)oc1ccc(CC)cc15. The summed E-state index contributed by atoms with van der Waals surface area (Å²) in [4.78, 5) is 0. The van der Waals surface area contributed by atoms with Gasteiger partial charge in [-0.1, -0.05) is 26.0 Å². The zero-order valence-electron chi connectivity index (χ0n) is 16.0. The lowest BCUT2D eigenvalue weighted by molar-refractivity contribution is 0.668. The van der Waals surface area contributed by atoms with Gasteiger partial charge in [0.25, 0.3) is 0 Å². The Bertz CT molecular complexity index is 1410. The molecule has 2 nitrogen and oxygen atoms in total. The number of hydrogen-bond donors (Lipinski definition) is 0. The first-order valence-corrected chi connectivity index (χ1v) is 9.97. The van der Waals surface area contributed by atoms with Gasteiger partial charge in [0.1, 0.15) is 22.3 Å². The molecule has 0 saturated heterocycles. The molecule has 4 aromatic carbocycles. The van der Waals surface area contributed by atoms with Gasteiger partial charge in [0.2, 0.25) is 0 Å². The highest BCUT2D eigenvalue weighted by atomic mass is 16.3. The van der Waals surface area contributed by atoms with Crippen LogP contribution in [0.2, 0.25) is 0 Å². The van der Waals surface area contributed by atoms with E-state index < -0.39 is 0 Å². The molecule has 0 fully saturated rings. The van der Waals surface area contributed by atoms with Crippen molar-refractivity contribution >= 4 is 54.6 Å². The van der Waals surface area contributed by atoms with Gasteiger partial charge in [-0.2, -0.15) is 0 Å². The maximum Gasteiger partial charge on any atom is 0.136 e. The van der Waals surface area contributed by atoms with Crippen LogP contribution in [0.3, 0.4) is 0 Å². The van der Waals surface area contributed by atoms with Crippen LogP contribution in [0.25, 0.3) is 54.6 Å². The molecule has 0 atom stereocenters. The van der Waals surface area contributed by atoms with Crippen LogP contribution >= 0.6 is 0 Å². The van der Waals surface area contributed by atoms with Gasteiger partial charge in [-0.25, -0.2) is 0 Å². The lowest BCUT2D eigenvalue weighted by atomic mass is 10.0. The first-order chi connectivity index (χ1) is 13.7. The molecule has 6 rings (SSSR count). The Balaban J connectivity index is 1.69. The molecule has 0 radical (unpaired) electrons. The predicted molar refractivity (Wildman–Crippen MR) is 117 cm³/mol. The third kappa shape index (κ3) is 2.15. The van der Waals surface area contributed by atoms with E-state index in [2.05, 4.69) is 74.5 Å². The Morgan fingerprint density at radius 2 is 0.929 bits per heavy atom. The van der Waals surface area contributed by atoms with Crippen LogP contribution in [0.5, 0.6) is 0 Å². The molecule has 0 aliphatic heterocycles. The van der Waals surface area contributed by atoms with Crippen molar-refractivity contribution in [2.24, 2.45) is 0 Å². The summed E-state index contributed by atoms with van der Waals surface area (Å²) in [7, 11) is 0. The summed E-state index contributed by atoms with van der Waals surface area (Å²) in [5.41, 5.74) is 6.44. The Hall–Kier alpha value is -3.26. The molecule has 0 amide bonds. The maximum atomic E-state index is 6.15. The van der Waals surface area contributed by atoms with Crippen molar-refractivity contribution in [2.45, 2.75) is 26.7 Å². The summed E-state index contributed by atoms with van der Waals surface area (Å²) in [6.45, 7) is 4.36. The molecule has 2 aromatic heterocycles. The minimum Gasteiger partial charge on any atom is -0.456 e. The minimum atomic E-state index is 0.942. The average molecular weight is 364 g/mol. The molecule has 136 valence electrons. The van der Waals surface area contributed by atoms with Gasteiger partial charge < -0.3 is 8.83 Å². The van der Waals surface area contributed by atoms with E-state index in [9.17, 15) is 0 Å². The molecule has 0 N–H and O–H groups in total. The van der Waals surface area contributed by atoms with Crippen molar-refractivity contribution in [3.8, 4) is 0 Å². The Morgan fingerprint density at radius 3 is 1.36 bits per heavy atom. The molecule has 0 aliphatic carbocycles. The minimum absolute atomic E-state index is 0.942. The zero-order chi connectivity index (χ0) is 18.8. The summed E-state index contributed by atoms with van der Waals surface area (Å²) >= 11 is 0. The summed E-state index contributed by atoms with van der Waals surface area (Å²) in [6.07, 6.45) is 2.05.